The Morgan fingerprint density at radius 2 is 1.96 bits per heavy atom. The molecule has 1 aliphatic rings. The van der Waals surface area contributed by atoms with E-state index in [1.54, 1.807) is 0 Å². The number of ketones is 1. The van der Waals surface area contributed by atoms with Crippen molar-refractivity contribution in [2.24, 2.45) is 0 Å². The van der Waals surface area contributed by atoms with Gasteiger partial charge < -0.3 is 9.47 Å². The van der Waals surface area contributed by atoms with Gasteiger partial charge in [-0.15, -0.1) is 0 Å². The number of nitrogens with zero attached hydrogens (tertiary/aromatic N) is 1. The molecule has 7 nitrogen and oxygen atoms in total. The van der Waals surface area contributed by atoms with Crippen LogP contribution >= 0.6 is 0 Å². The van der Waals surface area contributed by atoms with E-state index in [-0.39, 0.29) is 28.0 Å². The smallest absolute Gasteiger partial charge is 0.338 e. The Morgan fingerprint density at radius 1 is 1.27 bits per heavy atom. The quantitative estimate of drug-likeness (QED) is 0.701. The van der Waals surface area contributed by atoms with Crippen molar-refractivity contribution in [3.8, 4) is 5.75 Å². The molecule has 1 aromatic carbocycles. The normalized spacial score (nSPS) is 19.6. The molecule has 0 aromatic heterocycles. The van der Waals surface area contributed by atoms with Crippen molar-refractivity contribution in [2.45, 2.75) is 57.1 Å². The molecule has 2 rings (SSSR count). The Bertz CT molecular complexity index is 789. The lowest BCUT2D eigenvalue weighted by atomic mass is 10.1. The minimum absolute atomic E-state index is 0.0575. The van der Waals surface area contributed by atoms with Crippen LogP contribution in [0.25, 0.3) is 0 Å². The summed E-state index contributed by atoms with van der Waals surface area (Å²) < 4.78 is 38.0. The molecule has 2 unspecified atom stereocenters. The number of hydrogen-bond donors (Lipinski definition) is 0. The van der Waals surface area contributed by atoms with Gasteiger partial charge in [-0.25, -0.2) is 13.2 Å². The molecule has 2 atom stereocenters. The number of rotatable bonds is 6. The SMILES string of the molecule is COc1ccc(C(=O)OC(C)C(C)=O)cc1S(=O)(=O)N1CCCCC1C. The zero-order valence-electron chi connectivity index (χ0n) is 15.5. The molecule has 0 radical (unpaired) electrons. The molecular formula is C18H25NO6S. The molecule has 1 heterocycles. The number of carbonyl (C=O) groups is 2. The molecule has 0 spiro atoms. The van der Waals surface area contributed by atoms with Crippen LogP contribution < -0.4 is 4.74 Å². The average Bonchev–Trinajstić information content (AvgIpc) is 2.61. The van der Waals surface area contributed by atoms with Crippen LogP contribution in [-0.4, -0.2) is 50.3 Å². The van der Waals surface area contributed by atoms with Gasteiger partial charge in [0.25, 0.3) is 0 Å². The summed E-state index contributed by atoms with van der Waals surface area (Å²) in [7, 11) is -2.44. The number of carbonyl (C=O) groups excluding carboxylic acids is 2. The van der Waals surface area contributed by atoms with Gasteiger partial charge in [0.05, 0.1) is 12.7 Å². The predicted octanol–water partition coefficient (Wildman–Crippen LogP) is 2.39. The lowest BCUT2D eigenvalue weighted by molar-refractivity contribution is -0.124. The van der Waals surface area contributed by atoms with Gasteiger partial charge in [0, 0.05) is 12.6 Å². The zero-order valence-corrected chi connectivity index (χ0v) is 16.3. The van der Waals surface area contributed by atoms with E-state index in [2.05, 4.69) is 0 Å². The van der Waals surface area contributed by atoms with Crippen molar-refractivity contribution in [3.05, 3.63) is 23.8 Å². The predicted molar refractivity (Wildman–Crippen MR) is 95.8 cm³/mol. The summed E-state index contributed by atoms with van der Waals surface area (Å²) in [6.07, 6.45) is 1.68. The molecule has 0 N–H and O–H groups in total. The van der Waals surface area contributed by atoms with E-state index in [1.165, 1.54) is 43.5 Å². The molecule has 0 amide bonds. The molecule has 0 saturated carbocycles. The maximum Gasteiger partial charge on any atom is 0.338 e. The van der Waals surface area contributed by atoms with Crippen molar-refractivity contribution in [1.82, 2.24) is 4.31 Å². The first-order chi connectivity index (χ1) is 12.2. The Morgan fingerprint density at radius 3 is 2.54 bits per heavy atom. The van der Waals surface area contributed by atoms with Gasteiger partial charge in [-0.05, 0) is 51.8 Å². The Balaban J connectivity index is 2.41. The number of piperidine rings is 1. The van der Waals surface area contributed by atoms with Crippen molar-refractivity contribution in [1.29, 1.82) is 0 Å². The first kappa shape index (κ1) is 20.4. The zero-order chi connectivity index (χ0) is 19.5. The summed E-state index contributed by atoms with van der Waals surface area (Å²) in [4.78, 5) is 23.5. The van der Waals surface area contributed by atoms with Crippen molar-refractivity contribution < 1.29 is 27.5 Å². The van der Waals surface area contributed by atoms with Gasteiger partial charge in [0.15, 0.2) is 11.9 Å². The van der Waals surface area contributed by atoms with E-state index in [0.29, 0.717) is 6.54 Å². The Kier molecular flexibility index (Phi) is 6.41. The molecule has 1 aromatic rings. The van der Waals surface area contributed by atoms with Crippen molar-refractivity contribution in [3.63, 3.8) is 0 Å². The van der Waals surface area contributed by atoms with E-state index in [4.69, 9.17) is 9.47 Å². The highest BCUT2D eigenvalue weighted by Crippen LogP contribution is 2.31. The number of methoxy groups -OCH3 is 1. The highest BCUT2D eigenvalue weighted by molar-refractivity contribution is 7.89. The van der Waals surface area contributed by atoms with Crippen LogP contribution in [0.5, 0.6) is 5.75 Å². The van der Waals surface area contributed by atoms with E-state index >= 15 is 0 Å². The maximum absolute atomic E-state index is 13.1. The third kappa shape index (κ3) is 4.24. The minimum atomic E-state index is -3.82. The number of benzene rings is 1. The average molecular weight is 383 g/mol. The fraction of sp³-hybridized carbons (Fsp3) is 0.556. The maximum atomic E-state index is 13.1. The molecule has 26 heavy (non-hydrogen) atoms. The van der Waals surface area contributed by atoms with E-state index in [1.807, 2.05) is 6.92 Å². The summed E-state index contributed by atoms with van der Waals surface area (Å²) in [5.41, 5.74) is 0.0575. The summed E-state index contributed by atoms with van der Waals surface area (Å²) in [5, 5.41) is 0. The minimum Gasteiger partial charge on any atom is -0.495 e. The monoisotopic (exact) mass is 383 g/mol. The summed E-state index contributed by atoms with van der Waals surface area (Å²) in [6, 6.07) is 3.99. The Labute approximate surface area is 154 Å². The number of esters is 1. The highest BCUT2D eigenvalue weighted by atomic mass is 32.2. The third-order valence-electron chi connectivity index (χ3n) is 4.58. The van der Waals surface area contributed by atoms with Gasteiger partial charge in [0.1, 0.15) is 10.6 Å². The van der Waals surface area contributed by atoms with Gasteiger partial charge in [-0.2, -0.15) is 4.31 Å². The van der Waals surface area contributed by atoms with Crippen LogP contribution in [-0.2, 0) is 19.6 Å². The van der Waals surface area contributed by atoms with Crippen molar-refractivity contribution in [2.75, 3.05) is 13.7 Å². The molecule has 0 bridgehead atoms. The second-order valence-corrected chi connectivity index (χ2v) is 8.34. The molecule has 144 valence electrons. The van der Waals surface area contributed by atoms with E-state index in [0.717, 1.165) is 19.3 Å². The number of sulfonamides is 1. The van der Waals surface area contributed by atoms with Crippen LogP contribution in [0, 0.1) is 0 Å². The Hall–Kier alpha value is -1.93. The second-order valence-electron chi connectivity index (χ2n) is 6.48. The molecule has 8 heteroatoms. The van der Waals surface area contributed by atoms with E-state index in [9.17, 15) is 18.0 Å². The van der Waals surface area contributed by atoms with Gasteiger partial charge in [-0.1, -0.05) is 6.42 Å². The third-order valence-corrected chi connectivity index (χ3v) is 6.62. The molecular weight excluding hydrogens is 358 g/mol. The molecule has 0 aliphatic carbocycles. The fourth-order valence-electron chi connectivity index (χ4n) is 2.87. The standard InChI is InChI=1S/C18H25NO6S/c1-12-7-5-6-10-19(12)26(22,23)17-11-15(8-9-16(17)24-4)18(21)25-14(3)13(2)20/h8-9,11-12,14H,5-7,10H2,1-4H3. The van der Waals surface area contributed by atoms with Gasteiger partial charge in [-0.3, -0.25) is 4.79 Å². The number of ether oxygens (including phenoxy) is 2. The summed E-state index contributed by atoms with van der Waals surface area (Å²) >= 11 is 0. The number of Topliss-reactive ketones (excluding diaryl/α,β-unsaturated/α-hetero) is 1. The van der Waals surface area contributed by atoms with Crippen LogP contribution in [0.4, 0.5) is 0 Å². The summed E-state index contributed by atoms with van der Waals surface area (Å²) in [6.45, 7) is 5.09. The molecule has 1 saturated heterocycles. The van der Waals surface area contributed by atoms with Crippen LogP contribution in [0.1, 0.15) is 50.4 Å². The van der Waals surface area contributed by atoms with Crippen LogP contribution in [0.15, 0.2) is 23.1 Å². The van der Waals surface area contributed by atoms with Crippen LogP contribution in [0.3, 0.4) is 0 Å². The summed E-state index contributed by atoms with van der Waals surface area (Å²) in [5.74, 6) is -0.876. The largest absolute Gasteiger partial charge is 0.495 e. The first-order valence-electron chi connectivity index (χ1n) is 8.59. The van der Waals surface area contributed by atoms with Crippen LogP contribution in [0.2, 0.25) is 0 Å². The van der Waals surface area contributed by atoms with Crippen molar-refractivity contribution >= 4 is 21.8 Å². The lowest BCUT2D eigenvalue weighted by Crippen LogP contribution is -2.42. The lowest BCUT2D eigenvalue weighted by Gasteiger charge is -2.32. The molecule has 1 aliphatic heterocycles. The second kappa shape index (κ2) is 8.18. The van der Waals surface area contributed by atoms with Gasteiger partial charge in [0.2, 0.25) is 10.0 Å². The molecule has 1 fully saturated rings. The fourth-order valence-corrected chi connectivity index (χ4v) is 4.75. The topological polar surface area (TPSA) is 90.0 Å². The first-order valence-corrected chi connectivity index (χ1v) is 10.0. The number of hydrogen-bond acceptors (Lipinski definition) is 6. The highest BCUT2D eigenvalue weighted by Gasteiger charge is 2.33. The van der Waals surface area contributed by atoms with E-state index < -0.39 is 22.1 Å². The van der Waals surface area contributed by atoms with Gasteiger partial charge >= 0.3 is 5.97 Å².